The molecule has 8 nitrogen and oxygen atoms in total. The van der Waals surface area contributed by atoms with Gasteiger partial charge in [0, 0.05) is 32.7 Å². The number of ether oxygens (including phenoxy) is 1. The summed E-state index contributed by atoms with van der Waals surface area (Å²) >= 11 is 0. The van der Waals surface area contributed by atoms with Crippen molar-refractivity contribution >= 4 is 15.9 Å². The minimum Gasteiger partial charge on any atom is -0.497 e. The monoisotopic (exact) mass is 532 g/mol. The van der Waals surface area contributed by atoms with Gasteiger partial charge in [-0.25, -0.2) is 12.8 Å². The molecule has 0 radical (unpaired) electrons. The topological polar surface area (TPSA) is 91.0 Å². The quantitative estimate of drug-likeness (QED) is 0.480. The summed E-state index contributed by atoms with van der Waals surface area (Å²) in [6.07, 6.45) is 3.38. The lowest BCUT2D eigenvalue weighted by molar-refractivity contribution is -0.136. The lowest BCUT2D eigenvalue weighted by atomic mass is 9.75. The Bertz CT molecular complexity index is 1200. The highest BCUT2D eigenvalue weighted by Gasteiger charge is 2.49. The van der Waals surface area contributed by atoms with Crippen molar-refractivity contribution in [3.63, 3.8) is 0 Å². The Balaban J connectivity index is 1.56. The number of fused-ring (bicyclic) bond motifs is 2. The highest BCUT2D eigenvalue weighted by molar-refractivity contribution is 7.88. The molecule has 1 saturated heterocycles. The van der Waals surface area contributed by atoms with Crippen molar-refractivity contribution in [1.82, 2.24) is 19.8 Å². The second-order valence-corrected chi connectivity index (χ2v) is 11.8. The normalized spacial score (nSPS) is 18.4. The summed E-state index contributed by atoms with van der Waals surface area (Å²) in [4.78, 5) is 15.5. The Labute approximate surface area is 219 Å². The van der Waals surface area contributed by atoms with Crippen LogP contribution >= 0.6 is 0 Å². The first kappa shape index (κ1) is 27.5. The van der Waals surface area contributed by atoms with Crippen LogP contribution in [0, 0.1) is 5.82 Å². The van der Waals surface area contributed by atoms with E-state index in [9.17, 15) is 17.6 Å². The van der Waals surface area contributed by atoms with E-state index in [0.29, 0.717) is 58.4 Å². The Morgan fingerprint density at radius 3 is 2.43 bits per heavy atom. The minimum absolute atomic E-state index is 0.0213. The molecule has 0 bridgehead atoms. The first-order valence-corrected chi connectivity index (χ1v) is 14.6. The highest BCUT2D eigenvalue weighted by Crippen LogP contribution is 2.45. The molecule has 2 aliphatic rings. The average molecular weight is 533 g/mol. The van der Waals surface area contributed by atoms with E-state index in [4.69, 9.17) is 4.74 Å². The fraction of sp³-hybridized carbons (Fsp3) is 0.519. The van der Waals surface area contributed by atoms with E-state index in [1.165, 1.54) is 18.4 Å². The zero-order chi connectivity index (χ0) is 26.6. The van der Waals surface area contributed by atoms with Crippen LogP contribution in [0.4, 0.5) is 4.39 Å². The van der Waals surface area contributed by atoms with E-state index in [-0.39, 0.29) is 11.7 Å². The van der Waals surface area contributed by atoms with Gasteiger partial charge in [0.05, 0.1) is 24.9 Å². The maximum absolute atomic E-state index is 13.7. The zero-order valence-electron chi connectivity index (χ0n) is 21.8. The molecule has 2 heterocycles. The van der Waals surface area contributed by atoms with Crippen molar-refractivity contribution in [2.45, 2.75) is 37.3 Å². The van der Waals surface area contributed by atoms with Gasteiger partial charge < -0.3 is 20.3 Å². The van der Waals surface area contributed by atoms with Crippen LogP contribution in [0.3, 0.4) is 0 Å². The number of benzene rings is 2. The van der Waals surface area contributed by atoms with Crippen LogP contribution in [0.5, 0.6) is 5.75 Å². The average Bonchev–Trinajstić information content (AvgIpc) is 2.88. The molecule has 2 aromatic carbocycles. The molecule has 2 aromatic rings. The molecule has 37 heavy (non-hydrogen) atoms. The number of rotatable bonds is 9. The molecule has 2 N–H and O–H groups in total. The van der Waals surface area contributed by atoms with Gasteiger partial charge in [-0.2, -0.15) is 4.31 Å². The molecule has 1 amide bonds. The summed E-state index contributed by atoms with van der Waals surface area (Å²) in [5.74, 6) is 0.425. The van der Waals surface area contributed by atoms with Crippen LogP contribution in [0.15, 0.2) is 42.5 Å². The van der Waals surface area contributed by atoms with Crippen LogP contribution in [-0.4, -0.2) is 82.7 Å². The lowest BCUT2D eigenvalue weighted by Gasteiger charge is -2.51. The van der Waals surface area contributed by atoms with Gasteiger partial charge in [0.1, 0.15) is 11.6 Å². The number of carbonyl (C=O) groups excluding carboxylic acids is 1. The van der Waals surface area contributed by atoms with Crippen LogP contribution in [0.1, 0.15) is 29.5 Å². The van der Waals surface area contributed by atoms with Crippen molar-refractivity contribution in [3.05, 3.63) is 65.0 Å². The Kier molecular flexibility index (Phi) is 8.52. The number of hydrogen-bond acceptors (Lipinski definition) is 6. The third kappa shape index (κ3) is 5.98. The number of halogens is 1. The Hall–Kier alpha value is -2.53. The van der Waals surface area contributed by atoms with Crippen molar-refractivity contribution in [2.24, 2.45) is 0 Å². The number of hydrogen-bond donors (Lipinski definition) is 2. The highest BCUT2D eigenvalue weighted by atomic mass is 32.2. The number of methoxy groups -OCH3 is 1. The molecule has 0 saturated carbocycles. The predicted octanol–water partition coefficient (Wildman–Crippen LogP) is 1.89. The maximum Gasteiger partial charge on any atom is 0.240 e. The maximum atomic E-state index is 13.7. The second kappa shape index (κ2) is 11.5. The number of sulfonamides is 1. The zero-order valence-corrected chi connectivity index (χ0v) is 22.6. The number of amides is 1. The largest absolute Gasteiger partial charge is 0.497 e. The molecule has 1 spiro atoms. The SMILES string of the molecule is CNCCN[C@H](Cc1ccc(F)cc1)C(=O)N1CCC2(CC1)c1ccc(OC)cc1CCN2S(C)(=O)=O. The van der Waals surface area contributed by atoms with E-state index in [0.717, 1.165) is 22.4 Å². The molecule has 1 fully saturated rings. The summed E-state index contributed by atoms with van der Waals surface area (Å²) in [5, 5.41) is 6.43. The van der Waals surface area contributed by atoms with Gasteiger partial charge in [0.15, 0.2) is 0 Å². The standard InChI is InChI=1S/C27H37FN4O4S/c1-29-13-14-30-25(18-20-4-6-22(28)7-5-20)26(33)31-16-11-27(12-17-31)24-9-8-23(36-2)19-21(24)10-15-32(27)37(3,34)35/h4-9,19,25,29-30H,10-18H2,1-3H3/t25-/m1/s1. The molecule has 2 aliphatic heterocycles. The summed E-state index contributed by atoms with van der Waals surface area (Å²) in [6.45, 7) is 2.63. The van der Waals surface area contributed by atoms with Crippen molar-refractivity contribution in [1.29, 1.82) is 0 Å². The number of piperidine rings is 1. The third-order valence-electron chi connectivity index (χ3n) is 7.59. The fourth-order valence-corrected chi connectivity index (χ4v) is 7.06. The van der Waals surface area contributed by atoms with E-state index in [1.807, 2.05) is 30.1 Å². The number of nitrogens with one attached hydrogen (secondary N) is 2. The van der Waals surface area contributed by atoms with Crippen LogP contribution in [0.2, 0.25) is 0 Å². The van der Waals surface area contributed by atoms with Crippen LogP contribution in [-0.2, 0) is 33.2 Å². The van der Waals surface area contributed by atoms with Gasteiger partial charge in [0.2, 0.25) is 15.9 Å². The first-order chi connectivity index (χ1) is 17.7. The summed E-state index contributed by atoms with van der Waals surface area (Å²) in [6, 6.07) is 11.6. The van der Waals surface area contributed by atoms with E-state index < -0.39 is 21.6 Å². The van der Waals surface area contributed by atoms with E-state index in [1.54, 1.807) is 23.5 Å². The third-order valence-corrected chi connectivity index (χ3v) is 8.93. The van der Waals surface area contributed by atoms with Crippen molar-refractivity contribution < 1.29 is 22.3 Å². The minimum atomic E-state index is -3.46. The van der Waals surface area contributed by atoms with Gasteiger partial charge in [-0.1, -0.05) is 18.2 Å². The molecule has 1 atom stereocenters. The fourth-order valence-electron chi connectivity index (χ4n) is 5.72. The Morgan fingerprint density at radius 1 is 1.11 bits per heavy atom. The molecule has 4 rings (SSSR count). The molecule has 10 heteroatoms. The van der Waals surface area contributed by atoms with Gasteiger partial charge in [-0.05, 0) is 73.7 Å². The van der Waals surface area contributed by atoms with Crippen molar-refractivity contribution in [2.75, 3.05) is 53.1 Å². The molecule has 0 unspecified atom stereocenters. The van der Waals surface area contributed by atoms with Crippen LogP contribution < -0.4 is 15.4 Å². The van der Waals surface area contributed by atoms with Gasteiger partial charge >= 0.3 is 0 Å². The molecule has 0 aromatic heterocycles. The summed E-state index contributed by atoms with van der Waals surface area (Å²) in [7, 11) is 0.0232. The van der Waals surface area contributed by atoms with Gasteiger partial charge in [-0.15, -0.1) is 0 Å². The number of likely N-dealkylation sites (tertiary alicyclic amines) is 1. The molecule has 0 aliphatic carbocycles. The van der Waals surface area contributed by atoms with Gasteiger partial charge in [0.25, 0.3) is 0 Å². The Morgan fingerprint density at radius 2 is 1.81 bits per heavy atom. The summed E-state index contributed by atoms with van der Waals surface area (Å²) < 4.78 is 46.2. The second-order valence-electron chi connectivity index (χ2n) is 9.91. The number of nitrogens with zero attached hydrogens (tertiary/aromatic N) is 2. The molecular weight excluding hydrogens is 495 g/mol. The van der Waals surface area contributed by atoms with E-state index >= 15 is 0 Å². The molecule has 202 valence electrons. The first-order valence-electron chi connectivity index (χ1n) is 12.7. The van der Waals surface area contributed by atoms with Gasteiger partial charge in [-0.3, -0.25) is 4.79 Å². The molecular formula is C27H37FN4O4S. The number of likely N-dealkylation sites (N-methyl/N-ethyl adjacent to an activating group) is 1. The van der Waals surface area contributed by atoms with Crippen molar-refractivity contribution in [3.8, 4) is 5.75 Å². The smallest absolute Gasteiger partial charge is 0.240 e. The van der Waals surface area contributed by atoms with E-state index in [2.05, 4.69) is 10.6 Å². The predicted molar refractivity (Wildman–Crippen MR) is 142 cm³/mol. The number of carbonyl (C=O) groups is 1. The summed E-state index contributed by atoms with van der Waals surface area (Å²) in [5.41, 5.74) is 2.30. The lowest BCUT2D eigenvalue weighted by Crippen LogP contribution is -2.60. The van der Waals surface area contributed by atoms with Crippen LogP contribution in [0.25, 0.3) is 0 Å².